The number of carboxylic acid groups (broad SMARTS) is 4. The zero-order valence-corrected chi connectivity index (χ0v) is 11.8. The van der Waals surface area contributed by atoms with Crippen molar-refractivity contribution in [2.24, 2.45) is 11.1 Å². The minimum atomic E-state index is -1.78. The number of carboxylic acids is 4. The third-order valence-corrected chi connectivity index (χ3v) is 3.16. The lowest BCUT2D eigenvalue weighted by Gasteiger charge is -2.37. The molecule has 0 aromatic heterocycles. The van der Waals surface area contributed by atoms with E-state index in [4.69, 9.17) is 26.2 Å². The van der Waals surface area contributed by atoms with Crippen LogP contribution in [0.4, 0.5) is 0 Å². The monoisotopic (exact) mass is 320 g/mol. The summed E-state index contributed by atoms with van der Waals surface area (Å²) in [5.74, 6) is -5.53. The van der Waals surface area contributed by atoms with E-state index in [0.29, 0.717) is 0 Å². The quantitative estimate of drug-likeness (QED) is 0.254. The Labute approximate surface area is 125 Å². The van der Waals surface area contributed by atoms with E-state index >= 15 is 0 Å². The van der Waals surface area contributed by atoms with Gasteiger partial charge in [-0.05, 0) is 0 Å². The van der Waals surface area contributed by atoms with Gasteiger partial charge in [-0.15, -0.1) is 0 Å². The van der Waals surface area contributed by atoms with Crippen molar-refractivity contribution in [3.05, 3.63) is 0 Å². The van der Waals surface area contributed by atoms with Crippen molar-refractivity contribution in [3.8, 4) is 0 Å². The first-order chi connectivity index (χ1) is 10.1. The first-order valence-electron chi connectivity index (χ1n) is 6.43. The van der Waals surface area contributed by atoms with Gasteiger partial charge in [-0.25, -0.2) is 0 Å². The first kappa shape index (κ1) is 19.8. The van der Waals surface area contributed by atoms with Crippen molar-refractivity contribution < 1.29 is 39.6 Å². The topological polar surface area (TPSA) is 187 Å². The predicted octanol–water partition coefficient (Wildman–Crippen LogP) is -1.21. The van der Waals surface area contributed by atoms with E-state index < -0.39 is 61.0 Å². The molecule has 1 unspecified atom stereocenters. The molecular weight excluding hydrogens is 300 g/mol. The average Bonchev–Trinajstić information content (AvgIpc) is 2.30. The molecule has 0 saturated carbocycles. The zero-order valence-electron chi connectivity index (χ0n) is 11.8. The number of aliphatic carboxylic acids is 4. The van der Waals surface area contributed by atoms with Crippen LogP contribution in [0, 0.1) is 5.41 Å². The highest BCUT2D eigenvalue weighted by Crippen LogP contribution is 2.37. The van der Waals surface area contributed by atoms with Crippen LogP contribution in [0.3, 0.4) is 0 Å². The fraction of sp³-hybridized carbons (Fsp3) is 0.667. The maximum atomic E-state index is 11.1. The largest absolute Gasteiger partial charge is 0.481 e. The molecule has 22 heavy (non-hydrogen) atoms. The minimum Gasteiger partial charge on any atom is -0.481 e. The number of nitrogens with one attached hydrogen (secondary N) is 1. The molecule has 7 N–H and O–H groups in total. The van der Waals surface area contributed by atoms with E-state index in [0.717, 1.165) is 0 Å². The zero-order chi connectivity index (χ0) is 17.3. The second-order valence-corrected chi connectivity index (χ2v) is 4.97. The Morgan fingerprint density at radius 3 is 1.55 bits per heavy atom. The van der Waals surface area contributed by atoms with Crippen LogP contribution in [0.1, 0.15) is 25.7 Å². The van der Waals surface area contributed by atoms with Gasteiger partial charge in [0, 0.05) is 24.5 Å². The summed E-state index contributed by atoms with van der Waals surface area (Å²) in [6, 6.07) is -1.16. The van der Waals surface area contributed by atoms with Gasteiger partial charge in [0.15, 0.2) is 0 Å². The molecule has 0 spiro atoms. The molecule has 0 radical (unpaired) electrons. The van der Waals surface area contributed by atoms with Gasteiger partial charge in [0.25, 0.3) is 0 Å². The molecule has 10 nitrogen and oxygen atoms in total. The molecule has 126 valence electrons. The van der Waals surface area contributed by atoms with Gasteiger partial charge in [-0.3, -0.25) is 19.2 Å². The van der Waals surface area contributed by atoms with E-state index in [1.54, 1.807) is 0 Å². The molecule has 0 rings (SSSR count). The van der Waals surface area contributed by atoms with Gasteiger partial charge >= 0.3 is 23.9 Å². The Kier molecular flexibility index (Phi) is 8.05. The van der Waals surface area contributed by atoms with Crippen molar-refractivity contribution >= 4 is 23.9 Å². The van der Waals surface area contributed by atoms with Crippen LogP contribution in [0.2, 0.25) is 0 Å². The van der Waals surface area contributed by atoms with Crippen LogP contribution in [-0.2, 0) is 19.2 Å². The molecule has 0 heterocycles. The van der Waals surface area contributed by atoms with E-state index in [1.807, 2.05) is 0 Å². The third kappa shape index (κ3) is 6.99. The fourth-order valence-electron chi connectivity index (χ4n) is 2.40. The third-order valence-electron chi connectivity index (χ3n) is 3.16. The number of hydrogen-bond donors (Lipinski definition) is 6. The second-order valence-electron chi connectivity index (χ2n) is 4.97. The van der Waals surface area contributed by atoms with Crippen LogP contribution in [0.25, 0.3) is 0 Å². The summed E-state index contributed by atoms with van der Waals surface area (Å²) in [6.45, 7) is 0.192. The maximum Gasteiger partial charge on any atom is 0.304 e. The molecule has 0 bridgehead atoms. The van der Waals surface area contributed by atoms with Crippen LogP contribution >= 0.6 is 0 Å². The van der Waals surface area contributed by atoms with Gasteiger partial charge in [0.05, 0.1) is 25.7 Å². The predicted molar refractivity (Wildman–Crippen MR) is 72.3 cm³/mol. The van der Waals surface area contributed by atoms with Crippen molar-refractivity contribution in [1.29, 1.82) is 0 Å². The normalized spacial score (nSPS) is 12.6. The van der Waals surface area contributed by atoms with E-state index in [1.165, 1.54) is 0 Å². The molecule has 0 amide bonds. The highest BCUT2D eigenvalue weighted by Gasteiger charge is 2.45. The summed E-state index contributed by atoms with van der Waals surface area (Å²) >= 11 is 0. The van der Waals surface area contributed by atoms with Gasteiger partial charge in [-0.2, -0.15) is 0 Å². The summed E-state index contributed by atoms with van der Waals surface area (Å²) in [6.07, 6.45) is -2.99. The van der Waals surface area contributed by atoms with Crippen molar-refractivity contribution in [1.82, 2.24) is 5.32 Å². The molecule has 0 aliphatic rings. The standard InChI is InChI=1S/C12H20N2O8/c13-1-2-14-7(3-8(15)16)12(4-9(17)18,5-10(19)20)6-11(21)22/h7,14H,1-6,13H2,(H,15,16)(H,17,18)(H,19,20)(H,21,22). The Morgan fingerprint density at radius 2 is 1.27 bits per heavy atom. The van der Waals surface area contributed by atoms with Gasteiger partial charge in [0.2, 0.25) is 0 Å². The Balaban J connectivity index is 5.73. The lowest BCUT2D eigenvalue weighted by atomic mass is 9.70. The SMILES string of the molecule is NCCNC(CC(=O)O)C(CC(=O)O)(CC(=O)O)CC(=O)O. The van der Waals surface area contributed by atoms with Crippen molar-refractivity contribution in [2.45, 2.75) is 31.7 Å². The Bertz CT molecular complexity index is 396. The molecule has 1 atom stereocenters. The number of hydrogen-bond acceptors (Lipinski definition) is 6. The molecule has 10 heteroatoms. The summed E-state index contributed by atoms with van der Waals surface area (Å²) in [7, 11) is 0. The van der Waals surface area contributed by atoms with Crippen LogP contribution in [0.15, 0.2) is 0 Å². The van der Waals surface area contributed by atoms with Crippen LogP contribution in [-0.4, -0.2) is 63.4 Å². The molecule has 0 aromatic rings. The number of rotatable bonds is 12. The fourth-order valence-corrected chi connectivity index (χ4v) is 2.40. The Morgan fingerprint density at radius 1 is 0.864 bits per heavy atom. The van der Waals surface area contributed by atoms with Gasteiger partial charge < -0.3 is 31.5 Å². The van der Waals surface area contributed by atoms with Crippen molar-refractivity contribution in [3.63, 3.8) is 0 Å². The minimum absolute atomic E-state index is 0.0958. The number of carbonyl (C=O) groups is 4. The molecule has 0 saturated heterocycles. The van der Waals surface area contributed by atoms with Gasteiger partial charge in [0.1, 0.15) is 0 Å². The van der Waals surface area contributed by atoms with Crippen molar-refractivity contribution in [2.75, 3.05) is 13.1 Å². The first-order valence-corrected chi connectivity index (χ1v) is 6.43. The summed E-state index contributed by atoms with van der Waals surface area (Å²) in [5.41, 5.74) is 3.52. The highest BCUT2D eigenvalue weighted by atomic mass is 16.4. The lowest BCUT2D eigenvalue weighted by Crippen LogP contribution is -2.51. The maximum absolute atomic E-state index is 11.1. The van der Waals surface area contributed by atoms with Gasteiger partial charge in [-0.1, -0.05) is 0 Å². The second kappa shape index (κ2) is 8.95. The average molecular weight is 320 g/mol. The van der Waals surface area contributed by atoms with Crippen LogP contribution in [0.5, 0.6) is 0 Å². The summed E-state index contributed by atoms with van der Waals surface area (Å²) < 4.78 is 0. The molecule has 0 aliphatic carbocycles. The molecule has 0 aliphatic heterocycles. The van der Waals surface area contributed by atoms with E-state index in [2.05, 4.69) is 5.32 Å². The molecule has 0 aromatic carbocycles. The van der Waals surface area contributed by atoms with E-state index in [9.17, 15) is 19.2 Å². The summed E-state index contributed by atoms with van der Waals surface area (Å²) in [4.78, 5) is 44.1. The van der Waals surface area contributed by atoms with E-state index in [-0.39, 0.29) is 13.1 Å². The summed E-state index contributed by atoms with van der Waals surface area (Å²) in [5, 5.41) is 38.6. The molecule has 0 fully saturated rings. The highest BCUT2D eigenvalue weighted by molar-refractivity contribution is 5.77. The Hall–Kier alpha value is -2.20. The molecular formula is C12H20N2O8. The lowest BCUT2D eigenvalue weighted by molar-refractivity contribution is -0.152. The van der Waals surface area contributed by atoms with Crippen LogP contribution < -0.4 is 11.1 Å². The number of nitrogens with two attached hydrogens (primary N) is 1. The smallest absolute Gasteiger partial charge is 0.304 e.